The molecule has 1 aromatic carbocycles. The van der Waals surface area contributed by atoms with Crippen LogP contribution in [0.15, 0.2) is 24.3 Å². The van der Waals surface area contributed by atoms with E-state index in [1.54, 1.807) is 33.8 Å². The number of aromatic carboxylic acids is 1. The first-order chi connectivity index (χ1) is 11.1. The molecule has 2 N–H and O–H groups in total. The van der Waals surface area contributed by atoms with Crippen molar-refractivity contribution in [1.82, 2.24) is 10.3 Å². The van der Waals surface area contributed by atoms with Gasteiger partial charge in [0.15, 0.2) is 0 Å². The number of carbonyl (C=O) groups is 2. The number of aromatic nitrogens is 1. The first kappa shape index (κ1) is 17.7. The van der Waals surface area contributed by atoms with Gasteiger partial charge in [-0.25, -0.2) is 19.0 Å². The molecule has 2 rings (SSSR count). The summed E-state index contributed by atoms with van der Waals surface area (Å²) in [5.41, 5.74) is -0.680. The van der Waals surface area contributed by atoms with Gasteiger partial charge in [0.1, 0.15) is 16.9 Å². The fourth-order valence-electron chi connectivity index (χ4n) is 2.23. The van der Waals surface area contributed by atoms with E-state index in [1.165, 1.54) is 18.2 Å². The Labute approximate surface area is 138 Å². The normalized spacial score (nSPS) is 12.7. The first-order valence-corrected chi connectivity index (χ1v) is 7.40. The molecule has 24 heavy (non-hydrogen) atoms. The van der Waals surface area contributed by atoms with Crippen LogP contribution in [-0.2, 0) is 4.74 Å². The number of halogens is 1. The Morgan fingerprint density at radius 2 is 2.00 bits per heavy atom. The van der Waals surface area contributed by atoms with Crippen LogP contribution in [0.2, 0.25) is 0 Å². The number of benzene rings is 1. The minimum absolute atomic E-state index is 0.0512. The number of rotatable bonds is 3. The lowest BCUT2D eigenvalue weighted by atomic mass is 10.0. The molecule has 2 aromatic rings. The molecule has 1 atom stereocenters. The van der Waals surface area contributed by atoms with Crippen LogP contribution >= 0.6 is 0 Å². The molecule has 0 saturated heterocycles. The van der Waals surface area contributed by atoms with E-state index in [0.717, 1.165) is 0 Å². The van der Waals surface area contributed by atoms with Gasteiger partial charge < -0.3 is 15.2 Å². The van der Waals surface area contributed by atoms with E-state index in [2.05, 4.69) is 10.3 Å². The Bertz CT molecular complexity index is 799. The summed E-state index contributed by atoms with van der Waals surface area (Å²) in [5.74, 6) is -1.77. The number of pyridine rings is 1. The maximum Gasteiger partial charge on any atom is 0.408 e. The third kappa shape index (κ3) is 3.98. The summed E-state index contributed by atoms with van der Waals surface area (Å²) in [6.45, 7) is 6.70. The van der Waals surface area contributed by atoms with E-state index in [4.69, 9.17) is 4.74 Å². The van der Waals surface area contributed by atoms with Gasteiger partial charge in [0.25, 0.3) is 0 Å². The molecule has 0 aliphatic carbocycles. The lowest BCUT2D eigenvalue weighted by molar-refractivity contribution is 0.0503. The zero-order chi connectivity index (χ0) is 18.1. The van der Waals surface area contributed by atoms with Crippen molar-refractivity contribution in [2.75, 3.05) is 0 Å². The predicted octanol–water partition coefficient (Wildman–Crippen LogP) is 3.66. The van der Waals surface area contributed by atoms with Crippen molar-refractivity contribution in [1.29, 1.82) is 0 Å². The van der Waals surface area contributed by atoms with Gasteiger partial charge in [0.05, 0.1) is 17.3 Å². The minimum atomic E-state index is -1.21. The summed E-state index contributed by atoms with van der Waals surface area (Å²) < 4.78 is 19.1. The molecule has 128 valence electrons. The number of hydrogen-bond donors (Lipinski definition) is 2. The molecule has 0 saturated carbocycles. The Kier molecular flexibility index (Phi) is 4.73. The van der Waals surface area contributed by atoms with Crippen LogP contribution in [0.25, 0.3) is 10.9 Å². The van der Waals surface area contributed by atoms with Crippen LogP contribution in [-0.4, -0.2) is 27.8 Å². The number of ether oxygens (including phenoxy) is 1. The zero-order valence-corrected chi connectivity index (χ0v) is 13.9. The highest BCUT2D eigenvalue weighted by Crippen LogP contribution is 2.24. The SMILES string of the molecule is C[C@H](NC(=O)OC(C)(C)C)c1nc2c(F)cccc2cc1C(=O)O. The van der Waals surface area contributed by atoms with Crippen molar-refractivity contribution >= 4 is 23.0 Å². The van der Waals surface area contributed by atoms with E-state index < -0.39 is 29.5 Å². The van der Waals surface area contributed by atoms with Crippen LogP contribution in [0.4, 0.5) is 9.18 Å². The molecule has 0 aliphatic heterocycles. The number of amides is 1. The number of fused-ring (bicyclic) bond motifs is 1. The van der Waals surface area contributed by atoms with E-state index in [0.29, 0.717) is 5.39 Å². The summed E-state index contributed by atoms with van der Waals surface area (Å²) in [6.07, 6.45) is -0.707. The van der Waals surface area contributed by atoms with E-state index in [9.17, 15) is 19.1 Å². The molecule has 0 fully saturated rings. The summed E-state index contributed by atoms with van der Waals surface area (Å²) in [4.78, 5) is 27.5. The van der Waals surface area contributed by atoms with Crippen LogP contribution in [0, 0.1) is 5.82 Å². The van der Waals surface area contributed by atoms with Gasteiger partial charge in [0, 0.05) is 5.39 Å². The number of carboxylic acids is 1. The number of nitrogens with zero attached hydrogens (tertiary/aromatic N) is 1. The zero-order valence-electron chi connectivity index (χ0n) is 13.9. The Morgan fingerprint density at radius 1 is 1.33 bits per heavy atom. The van der Waals surface area contributed by atoms with Gasteiger partial charge in [-0.3, -0.25) is 0 Å². The maximum absolute atomic E-state index is 13.9. The van der Waals surface area contributed by atoms with Gasteiger partial charge in [-0.2, -0.15) is 0 Å². The van der Waals surface area contributed by atoms with Crippen LogP contribution in [0.5, 0.6) is 0 Å². The number of carbonyl (C=O) groups excluding carboxylic acids is 1. The Hall–Kier alpha value is -2.70. The van der Waals surface area contributed by atoms with Crippen molar-refractivity contribution in [3.8, 4) is 0 Å². The van der Waals surface area contributed by atoms with E-state index in [1.807, 2.05) is 0 Å². The number of para-hydroxylation sites is 1. The van der Waals surface area contributed by atoms with Crippen molar-refractivity contribution < 1.29 is 23.8 Å². The number of carboxylic acid groups (broad SMARTS) is 1. The summed E-state index contributed by atoms with van der Waals surface area (Å²) >= 11 is 0. The van der Waals surface area contributed by atoms with Gasteiger partial charge in [-0.05, 0) is 39.8 Å². The fourth-order valence-corrected chi connectivity index (χ4v) is 2.23. The predicted molar refractivity (Wildman–Crippen MR) is 86.4 cm³/mol. The van der Waals surface area contributed by atoms with E-state index >= 15 is 0 Å². The molecule has 1 amide bonds. The molecule has 0 unspecified atom stereocenters. The third-order valence-electron chi connectivity index (χ3n) is 3.20. The van der Waals surface area contributed by atoms with Crippen LogP contribution in [0.3, 0.4) is 0 Å². The molecule has 7 heteroatoms. The second kappa shape index (κ2) is 6.43. The van der Waals surface area contributed by atoms with Gasteiger partial charge >= 0.3 is 12.1 Å². The summed E-state index contributed by atoms with van der Waals surface area (Å²) in [7, 11) is 0. The molecule has 6 nitrogen and oxygen atoms in total. The average Bonchev–Trinajstić information content (AvgIpc) is 2.44. The fraction of sp³-hybridized carbons (Fsp3) is 0.353. The standard InChI is InChI=1S/C17H19FN2O4/c1-9(19-16(23)24-17(2,3)4)13-11(15(21)22)8-10-6-5-7-12(18)14(10)20-13/h5-9H,1-4H3,(H,19,23)(H,21,22)/t9-/m0/s1. The monoisotopic (exact) mass is 334 g/mol. The first-order valence-electron chi connectivity index (χ1n) is 7.40. The minimum Gasteiger partial charge on any atom is -0.478 e. The highest BCUT2D eigenvalue weighted by atomic mass is 19.1. The second-order valence-corrected chi connectivity index (χ2v) is 6.41. The quantitative estimate of drug-likeness (QED) is 0.894. The molecule has 1 heterocycles. The third-order valence-corrected chi connectivity index (χ3v) is 3.20. The molecular formula is C17H19FN2O4. The smallest absolute Gasteiger partial charge is 0.408 e. The number of nitrogens with one attached hydrogen (secondary N) is 1. The molecule has 0 bridgehead atoms. The molecule has 1 aromatic heterocycles. The van der Waals surface area contributed by atoms with Crippen molar-refractivity contribution in [3.05, 3.63) is 41.3 Å². The second-order valence-electron chi connectivity index (χ2n) is 6.41. The maximum atomic E-state index is 13.9. The largest absolute Gasteiger partial charge is 0.478 e. The topological polar surface area (TPSA) is 88.5 Å². The van der Waals surface area contributed by atoms with Crippen molar-refractivity contribution in [3.63, 3.8) is 0 Å². The van der Waals surface area contributed by atoms with Crippen LogP contribution < -0.4 is 5.32 Å². The summed E-state index contributed by atoms with van der Waals surface area (Å²) in [6, 6.07) is 4.87. The number of hydrogen-bond acceptors (Lipinski definition) is 4. The lowest BCUT2D eigenvalue weighted by Crippen LogP contribution is -2.34. The van der Waals surface area contributed by atoms with Gasteiger partial charge in [-0.1, -0.05) is 12.1 Å². The van der Waals surface area contributed by atoms with E-state index in [-0.39, 0.29) is 16.8 Å². The molecule has 0 spiro atoms. The average molecular weight is 334 g/mol. The molecule has 0 radical (unpaired) electrons. The van der Waals surface area contributed by atoms with Gasteiger partial charge in [-0.15, -0.1) is 0 Å². The summed E-state index contributed by atoms with van der Waals surface area (Å²) in [5, 5.41) is 12.3. The van der Waals surface area contributed by atoms with Crippen LogP contribution in [0.1, 0.15) is 49.8 Å². The van der Waals surface area contributed by atoms with Crippen molar-refractivity contribution in [2.45, 2.75) is 39.3 Å². The molecule has 0 aliphatic rings. The highest BCUT2D eigenvalue weighted by Gasteiger charge is 2.23. The lowest BCUT2D eigenvalue weighted by Gasteiger charge is -2.22. The Morgan fingerprint density at radius 3 is 2.58 bits per heavy atom. The van der Waals surface area contributed by atoms with Gasteiger partial charge in [0.2, 0.25) is 0 Å². The van der Waals surface area contributed by atoms with Crippen molar-refractivity contribution in [2.24, 2.45) is 0 Å². The number of alkyl carbamates (subject to hydrolysis) is 1. The molecular weight excluding hydrogens is 315 g/mol. The highest BCUT2D eigenvalue weighted by molar-refractivity contribution is 5.94. The Balaban J connectivity index is 2.42.